The number of carbonyl (C=O) groups excluding carboxylic acids is 1. The third-order valence-corrected chi connectivity index (χ3v) is 5.97. The lowest BCUT2D eigenvalue weighted by Crippen LogP contribution is -2.42. The lowest BCUT2D eigenvalue weighted by molar-refractivity contribution is -0.210. The predicted octanol–water partition coefficient (Wildman–Crippen LogP) is 2.72. The highest BCUT2D eigenvalue weighted by molar-refractivity contribution is 7.94. The van der Waals surface area contributed by atoms with Gasteiger partial charge in [-0.05, 0) is 25.2 Å². The van der Waals surface area contributed by atoms with Crippen molar-refractivity contribution in [2.75, 3.05) is 5.75 Å². The fraction of sp³-hybridized carbons (Fsp3) is 0.562. The number of allylic oxidation sites excluding steroid dienone is 1. The number of ether oxygens (including phenoxy) is 1. The minimum atomic E-state index is -4.20. The molecule has 142 valence electrons. The quantitative estimate of drug-likeness (QED) is 0.695. The lowest BCUT2D eigenvalue weighted by atomic mass is 9.82. The molecule has 0 N–H and O–H groups in total. The van der Waals surface area contributed by atoms with Crippen LogP contribution in [-0.4, -0.2) is 42.2 Å². The second kappa shape index (κ2) is 6.98. The average molecular weight is 390 g/mol. The van der Waals surface area contributed by atoms with E-state index >= 15 is 0 Å². The summed E-state index contributed by atoms with van der Waals surface area (Å²) in [5.74, 6) is -1.70. The van der Waals surface area contributed by atoms with E-state index in [1.165, 1.54) is 12.4 Å². The Morgan fingerprint density at radius 1 is 1.23 bits per heavy atom. The maximum atomic E-state index is 12.4. The number of aromatic nitrogens is 2. The van der Waals surface area contributed by atoms with Gasteiger partial charge < -0.3 is 4.74 Å². The van der Waals surface area contributed by atoms with Gasteiger partial charge in [0.05, 0.1) is 24.1 Å². The molecule has 1 aliphatic heterocycles. The number of carbonyl (C=O) groups is 1. The van der Waals surface area contributed by atoms with Crippen molar-refractivity contribution in [2.24, 2.45) is 11.8 Å². The second-order valence-electron chi connectivity index (χ2n) is 6.57. The molecule has 6 nitrogen and oxygen atoms in total. The number of rotatable bonds is 6. The Kier molecular flexibility index (Phi) is 5.05. The molecule has 1 fully saturated rings. The summed E-state index contributed by atoms with van der Waals surface area (Å²) in [6.45, 7) is 0. The molecule has 2 aliphatic rings. The van der Waals surface area contributed by atoms with Crippen molar-refractivity contribution in [3.05, 3.63) is 29.6 Å². The van der Waals surface area contributed by atoms with Crippen LogP contribution in [0.4, 0.5) is 13.2 Å². The van der Waals surface area contributed by atoms with Crippen LogP contribution < -0.4 is 4.74 Å². The number of Topliss-reactive ketones (excluding diaryl/α,β-unsaturated/α-hetero) is 1. The van der Waals surface area contributed by atoms with Gasteiger partial charge in [0.1, 0.15) is 11.8 Å². The zero-order valence-corrected chi connectivity index (χ0v) is 14.5. The van der Waals surface area contributed by atoms with Crippen LogP contribution in [0.5, 0.6) is 5.88 Å². The Morgan fingerprint density at radius 2 is 1.96 bits per heavy atom. The number of halogens is 3. The normalized spacial score (nSPS) is 27.1. The third kappa shape index (κ3) is 4.60. The van der Waals surface area contributed by atoms with Gasteiger partial charge in [-0.25, -0.2) is 18.4 Å². The topological polar surface area (TPSA) is 86.2 Å². The molecule has 0 saturated heterocycles. The Hall–Kier alpha value is -1.97. The number of ketones is 1. The van der Waals surface area contributed by atoms with Gasteiger partial charge in [0.15, 0.2) is 15.6 Å². The molecule has 0 radical (unpaired) electrons. The van der Waals surface area contributed by atoms with Gasteiger partial charge in [0.25, 0.3) is 0 Å². The van der Waals surface area contributed by atoms with Crippen molar-refractivity contribution in [1.29, 1.82) is 0 Å². The van der Waals surface area contributed by atoms with E-state index in [1.54, 1.807) is 6.08 Å². The van der Waals surface area contributed by atoms with Crippen LogP contribution in [-0.2, 0) is 9.84 Å². The van der Waals surface area contributed by atoms with Gasteiger partial charge in [-0.2, -0.15) is 13.2 Å². The predicted molar refractivity (Wildman–Crippen MR) is 85.2 cm³/mol. The molecule has 2 heterocycles. The minimum Gasteiger partial charge on any atom is -0.473 e. The first kappa shape index (κ1) is 18.8. The molecule has 3 rings (SSSR count). The van der Waals surface area contributed by atoms with Crippen LogP contribution in [0.1, 0.15) is 36.2 Å². The van der Waals surface area contributed by atoms with Crippen molar-refractivity contribution >= 4 is 15.6 Å². The zero-order chi connectivity index (χ0) is 18.9. The monoisotopic (exact) mass is 390 g/mol. The fourth-order valence-corrected chi connectivity index (χ4v) is 4.33. The summed E-state index contributed by atoms with van der Waals surface area (Å²) in [4.78, 5) is 19.9. The summed E-state index contributed by atoms with van der Waals surface area (Å²) < 4.78 is 65.2. The molecule has 1 unspecified atom stereocenters. The fourth-order valence-electron chi connectivity index (χ4n) is 2.89. The van der Waals surface area contributed by atoms with Crippen LogP contribution in [0.3, 0.4) is 0 Å². The van der Waals surface area contributed by atoms with Gasteiger partial charge >= 0.3 is 6.18 Å². The smallest absolute Gasteiger partial charge is 0.392 e. The number of hydrogen-bond donors (Lipinski definition) is 0. The molecule has 26 heavy (non-hydrogen) atoms. The van der Waals surface area contributed by atoms with Crippen molar-refractivity contribution in [1.82, 2.24) is 9.97 Å². The number of alkyl halides is 3. The first-order valence-electron chi connectivity index (χ1n) is 8.12. The maximum absolute atomic E-state index is 12.4. The summed E-state index contributed by atoms with van der Waals surface area (Å²) in [6.07, 6.45) is -0.410. The van der Waals surface area contributed by atoms with E-state index in [2.05, 4.69) is 9.97 Å². The molecule has 1 saturated carbocycles. The highest BCUT2D eigenvalue weighted by atomic mass is 32.2. The van der Waals surface area contributed by atoms with Gasteiger partial charge in [-0.3, -0.25) is 4.79 Å². The summed E-state index contributed by atoms with van der Waals surface area (Å²) in [5.41, 5.74) is 0.115. The molecule has 1 aromatic heterocycles. The van der Waals surface area contributed by atoms with Crippen molar-refractivity contribution in [2.45, 2.75) is 38.0 Å². The van der Waals surface area contributed by atoms with E-state index in [9.17, 15) is 26.4 Å². The molecular weight excluding hydrogens is 373 g/mol. The summed E-state index contributed by atoms with van der Waals surface area (Å²) in [7, 11) is -3.14. The number of hydrogen-bond acceptors (Lipinski definition) is 6. The largest absolute Gasteiger partial charge is 0.473 e. The molecule has 0 aromatic carbocycles. The van der Waals surface area contributed by atoms with Crippen molar-refractivity contribution < 1.29 is 31.1 Å². The Balaban J connectivity index is 1.46. The minimum absolute atomic E-state index is 0.0129. The lowest BCUT2D eigenvalue weighted by Gasteiger charge is -2.35. The highest BCUT2D eigenvalue weighted by Crippen LogP contribution is 2.42. The number of nitrogens with zero attached hydrogens (tertiary/aromatic N) is 2. The molecule has 0 bridgehead atoms. The highest BCUT2D eigenvalue weighted by Gasteiger charge is 2.49. The van der Waals surface area contributed by atoms with Crippen LogP contribution in [0, 0.1) is 11.8 Å². The Bertz CT molecular complexity index is 800. The average Bonchev–Trinajstić information content (AvgIpc) is 2.86. The van der Waals surface area contributed by atoms with E-state index in [0.29, 0.717) is 6.42 Å². The van der Waals surface area contributed by atoms with Gasteiger partial charge in [0.2, 0.25) is 5.88 Å². The van der Waals surface area contributed by atoms with Gasteiger partial charge in [-0.15, -0.1) is 0 Å². The van der Waals surface area contributed by atoms with Crippen LogP contribution in [0.15, 0.2) is 23.9 Å². The van der Waals surface area contributed by atoms with E-state index in [4.69, 9.17) is 4.74 Å². The maximum Gasteiger partial charge on any atom is 0.392 e. The van der Waals surface area contributed by atoms with Crippen molar-refractivity contribution in [3.63, 3.8) is 0 Å². The molecule has 1 aromatic rings. The summed E-state index contributed by atoms with van der Waals surface area (Å²) >= 11 is 0. The first-order chi connectivity index (χ1) is 12.1. The number of sulfone groups is 1. The van der Waals surface area contributed by atoms with Gasteiger partial charge in [-0.1, -0.05) is 6.08 Å². The zero-order valence-electron chi connectivity index (χ0n) is 13.6. The second-order valence-corrected chi connectivity index (χ2v) is 8.50. The Morgan fingerprint density at radius 3 is 2.50 bits per heavy atom. The molecule has 10 heteroatoms. The first-order valence-corrected chi connectivity index (χ1v) is 9.83. The van der Waals surface area contributed by atoms with E-state index in [0.717, 1.165) is 5.41 Å². The Labute approximate surface area is 148 Å². The van der Waals surface area contributed by atoms with E-state index in [-0.39, 0.29) is 48.3 Å². The summed E-state index contributed by atoms with van der Waals surface area (Å²) in [5, 5.41) is 1.16. The molecule has 0 spiro atoms. The standard InChI is InChI=1S/C16H17F3N2O4S/c17-16(18,19)11-5-12(6-11)25-15-8-20-13(7-21-15)14(22)2-1-10-3-4-26(23,24)9-10/h3-4,7-8,10-12H,1-2,5-6,9H2. The van der Waals surface area contributed by atoms with Crippen LogP contribution >= 0.6 is 0 Å². The van der Waals surface area contributed by atoms with E-state index in [1.807, 2.05) is 0 Å². The molecule has 1 aliphatic carbocycles. The molecule has 1 atom stereocenters. The molecular formula is C16H17F3N2O4S. The van der Waals surface area contributed by atoms with Crippen molar-refractivity contribution in [3.8, 4) is 5.88 Å². The van der Waals surface area contributed by atoms with Crippen LogP contribution in [0.25, 0.3) is 0 Å². The van der Waals surface area contributed by atoms with Gasteiger partial charge in [0, 0.05) is 11.8 Å². The SMILES string of the molecule is O=C(CCC1C=CS(=O)(=O)C1)c1cnc(OC2CC(C(F)(F)F)C2)cn1. The van der Waals surface area contributed by atoms with E-state index < -0.39 is 28.0 Å². The van der Waals surface area contributed by atoms with Crippen LogP contribution in [0.2, 0.25) is 0 Å². The molecule has 0 amide bonds. The third-order valence-electron chi connectivity index (χ3n) is 4.51. The summed E-state index contributed by atoms with van der Waals surface area (Å²) in [6, 6.07) is 0.